The molecule has 1 aromatic carbocycles. The smallest absolute Gasteiger partial charge is 0.119 e. The normalized spacial score (nSPS) is 16.2. The van der Waals surface area contributed by atoms with Gasteiger partial charge < -0.3 is 4.74 Å². The van der Waals surface area contributed by atoms with Crippen LogP contribution in [0.25, 0.3) is 0 Å². The molecule has 0 heterocycles. The van der Waals surface area contributed by atoms with Crippen molar-refractivity contribution >= 4 is 0 Å². The summed E-state index contributed by atoms with van der Waals surface area (Å²) in [5.74, 6) is 2.05. The number of hydrogen-bond acceptors (Lipinski definition) is 1. The van der Waals surface area contributed by atoms with Gasteiger partial charge in [-0.25, -0.2) is 0 Å². The van der Waals surface area contributed by atoms with Crippen LogP contribution in [0.15, 0.2) is 30.3 Å². The highest BCUT2D eigenvalue weighted by molar-refractivity contribution is 5.20. The van der Waals surface area contributed by atoms with Gasteiger partial charge >= 0.3 is 0 Å². The number of para-hydroxylation sites is 1. The van der Waals surface area contributed by atoms with E-state index in [-0.39, 0.29) is 0 Å². The van der Waals surface area contributed by atoms with E-state index in [0.717, 1.165) is 18.3 Å². The van der Waals surface area contributed by atoms with Crippen molar-refractivity contribution in [2.75, 3.05) is 6.61 Å². The molecule has 1 aliphatic carbocycles. The summed E-state index contributed by atoms with van der Waals surface area (Å²) in [5, 5.41) is 0. The van der Waals surface area contributed by atoms with Gasteiger partial charge in [-0.2, -0.15) is 0 Å². The molecule has 0 unspecified atom stereocenters. The Kier molecular flexibility index (Phi) is 5.41. The van der Waals surface area contributed by atoms with Crippen molar-refractivity contribution in [3.8, 4) is 5.75 Å². The molecule has 94 valence electrons. The summed E-state index contributed by atoms with van der Waals surface area (Å²) in [5.41, 5.74) is 0. The first kappa shape index (κ1) is 12.5. The molecular weight excluding hydrogens is 208 g/mol. The van der Waals surface area contributed by atoms with Crippen LogP contribution >= 0.6 is 0 Å². The van der Waals surface area contributed by atoms with Crippen molar-refractivity contribution in [2.45, 2.75) is 51.4 Å². The summed E-state index contributed by atoms with van der Waals surface area (Å²) in [6.45, 7) is 0.870. The first-order chi connectivity index (χ1) is 8.45. The van der Waals surface area contributed by atoms with Crippen LogP contribution < -0.4 is 4.74 Å². The Labute approximate surface area is 105 Å². The van der Waals surface area contributed by atoms with Crippen molar-refractivity contribution < 1.29 is 4.74 Å². The molecule has 1 saturated carbocycles. The minimum atomic E-state index is 0.870. The molecule has 1 aliphatic rings. The van der Waals surface area contributed by atoms with E-state index in [1.165, 1.54) is 51.4 Å². The van der Waals surface area contributed by atoms with Crippen molar-refractivity contribution in [3.05, 3.63) is 30.3 Å². The largest absolute Gasteiger partial charge is 0.494 e. The Morgan fingerprint density at radius 3 is 2.47 bits per heavy atom. The fourth-order valence-electron chi connectivity index (χ4n) is 2.72. The van der Waals surface area contributed by atoms with Crippen LogP contribution in [-0.2, 0) is 0 Å². The Morgan fingerprint density at radius 2 is 1.71 bits per heavy atom. The second-order valence-electron chi connectivity index (χ2n) is 5.16. The molecule has 0 bridgehead atoms. The maximum Gasteiger partial charge on any atom is 0.119 e. The molecule has 1 nitrogen and oxygen atoms in total. The van der Waals surface area contributed by atoms with Crippen LogP contribution in [0.4, 0.5) is 0 Å². The zero-order valence-corrected chi connectivity index (χ0v) is 10.7. The maximum absolute atomic E-state index is 5.68. The number of ether oxygens (including phenoxy) is 1. The molecular formula is C16H24O. The van der Waals surface area contributed by atoms with Gasteiger partial charge in [0.1, 0.15) is 5.75 Å². The summed E-state index contributed by atoms with van der Waals surface area (Å²) >= 11 is 0. The highest BCUT2D eigenvalue weighted by Crippen LogP contribution is 2.29. The molecule has 2 rings (SSSR count). The predicted molar refractivity (Wildman–Crippen MR) is 72.4 cm³/mol. The molecule has 17 heavy (non-hydrogen) atoms. The molecule has 0 aliphatic heterocycles. The van der Waals surface area contributed by atoms with Crippen LogP contribution in [0.2, 0.25) is 0 Å². The molecule has 0 amide bonds. The maximum atomic E-state index is 5.68. The van der Waals surface area contributed by atoms with Gasteiger partial charge in [0.05, 0.1) is 6.61 Å². The van der Waals surface area contributed by atoms with Crippen LogP contribution in [-0.4, -0.2) is 6.61 Å². The van der Waals surface area contributed by atoms with Gasteiger partial charge in [-0.3, -0.25) is 0 Å². The Morgan fingerprint density at radius 1 is 0.941 bits per heavy atom. The Bertz CT molecular complexity index is 288. The van der Waals surface area contributed by atoms with Crippen molar-refractivity contribution in [2.24, 2.45) is 5.92 Å². The number of unbranched alkanes of at least 4 members (excludes halogenated alkanes) is 2. The van der Waals surface area contributed by atoms with Crippen molar-refractivity contribution in [1.82, 2.24) is 0 Å². The highest BCUT2D eigenvalue weighted by atomic mass is 16.5. The fourth-order valence-corrected chi connectivity index (χ4v) is 2.72. The molecule has 0 aromatic heterocycles. The van der Waals surface area contributed by atoms with Crippen molar-refractivity contribution in [3.63, 3.8) is 0 Å². The average Bonchev–Trinajstić information content (AvgIpc) is 2.88. The zero-order chi connectivity index (χ0) is 11.8. The van der Waals surface area contributed by atoms with E-state index in [1.807, 2.05) is 30.3 Å². The van der Waals surface area contributed by atoms with E-state index in [0.29, 0.717) is 0 Å². The minimum absolute atomic E-state index is 0.870. The molecule has 0 saturated heterocycles. The lowest BCUT2D eigenvalue weighted by Gasteiger charge is -2.08. The zero-order valence-electron chi connectivity index (χ0n) is 10.7. The third-order valence-electron chi connectivity index (χ3n) is 3.74. The summed E-state index contributed by atoms with van der Waals surface area (Å²) in [6, 6.07) is 10.1. The summed E-state index contributed by atoms with van der Waals surface area (Å²) in [6.07, 6.45) is 11.3. The highest BCUT2D eigenvalue weighted by Gasteiger charge is 2.13. The van der Waals surface area contributed by atoms with Gasteiger partial charge in [0, 0.05) is 0 Å². The monoisotopic (exact) mass is 232 g/mol. The minimum Gasteiger partial charge on any atom is -0.494 e. The van der Waals surface area contributed by atoms with Gasteiger partial charge in [0.25, 0.3) is 0 Å². The number of rotatable bonds is 7. The van der Waals surface area contributed by atoms with Gasteiger partial charge in [0.15, 0.2) is 0 Å². The SMILES string of the molecule is c1ccc(OCCCCCC2CCCC2)cc1. The average molecular weight is 232 g/mol. The second-order valence-corrected chi connectivity index (χ2v) is 5.16. The van der Waals surface area contributed by atoms with E-state index in [4.69, 9.17) is 4.74 Å². The van der Waals surface area contributed by atoms with Crippen LogP contribution in [0, 0.1) is 5.92 Å². The van der Waals surface area contributed by atoms with Gasteiger partial charge in [-0.1, -0.05) is 63.1 Å². The lowest BCUT2D eigenvalue weighted by molar-refractivity contribution is 0.302. The third kappa shape index (κ3) is 4.80. The molecule has 1 aromatic rings. The lowest BCUT2D eigenvalue weighted by atomic mass is 10.0. The molecule has 0 spiro atoms. The lowest BCUT2D eigenvalue weighted by Crippen LogP contribution is -1.98. The van der Waals surface area contributed by atoms with E-state index >= 15 is 0 Å². The van der Waals surface area contributed by atoms with E-state index in [1.54, 1.807) is 0 Å². The molecule has 1 heteroatoms. The van der Waals surface area contributed by atoms with E-state index in [2.05, 4.69) is 0 Å². The number of benzene rings is 1. The molecule has 1 fully saturated rings. The Balaban J connectivity index is 1.46. The third-order valence-corrected chi connectivity index (χ3v) is 3.74. The Hall–Kier alpha value is -0.980. The van der Waals surface area contributed by atoms with E-state index in [9.17, 15) is 0 Å². The van der Waals surface area contributed by atoms with Gasteiger partial charge in [-0.15, -0.1) is 0 Å². The first-order valence-corrected chi connectivity index (χ1v) is 7.13. The summed E-state index contributed by atoms with van der Waals surface area (Å²) in [4.78, 5) is 0. The fraction of sp³-hybridized carbons (Fsp3) is 0.625. The second kappa shape index (κ2) is 7.37. The quantitative estimate of drug-likeness (QED) is 0.613. The first-order valence-electron chi connectivity index (χ1n) is 7.13. The predicted octanol–water partition coefficient (Wildman–Crippen LogP) is 4.82. The summed E-state index contributed by atoms with van der Waals surface area (Å²) < 4.78 is 5.68. The topological polar surface area (TPSA) is 9.23 Å². The van der Waals surface area contributed by atoms with Gasteiger partial charge in [0.2, 0.25) is 0 Å². The molecule has 0 N–H and O–H groups in total. The van der Waals surface area contributed by atoms with Crippen LogP contribution in [0.5, 0.6) is 5.75 Å². The van der Waals surface area contributed by atoms with Gasteiger partial charge in [-0.05, 0) is 24.5 Å². The summed E-state index contributed by atoms with van der Waals surface area (Å²) in [7, 11) is 0. The van der Waals surface area contributed by atoms with E-state index < -0.39 is 0 Å². The molecule has 0 atom stereocenters. The van der Waals surface area contributed by atoms with Crippen molar-refractivity contribution in [1.29, 1.82) is 0 Å². The van der Waals surface area contributed by atoms with Crippen LogP contribution in [0.3, 0.4) is 0 Å². The molecule has 0 radical (unpaired) electrons. The number of hydrogen-bond donors (Lipinski definition) is 0. The standard InChI is InChI=1S/C16H24O/c1-4-12-16(13-5-1)17-14-8-2-3-9-15-10-6-7-11-15/h1,4-5,12-13,15H,2-3,6-11,14H2. The van der Waals surface area contributed by atoms with Crippen LogP contribution in [0.1, 0.15) is 51.4 Å².